The molecular weight excluding hydrogens is 127 g/mol. The standard InChI is InChI=1S/C6H12.CH5BO2/c1-5-3-4-6(5)2;1-2(3)4/h5-6H,3-4H2,1-2H3;3-4H,1H3. The van der Waals surface area contributed by atoms with Crippen molar-refractivity contribution in [3.8, 4) is 0 Å². The van der Waals surface area contributed by atoms with E-state index in [1.165, 1.54) is 19.7 Å². The monoisotopic (exact) mass is 144 g/mol. The average molecular weight is 144 g/mol. The van der Waals surface area contributed by atoms with Gasteiger partial charge in [-0.3, -0.25) is 0 Å². The van der Waals surface area contributed by atoms with Gasteiger partial charge in [-0.2, -0.15) is 0 Å². The molecule has 0 bridgehead atoms. The maximum Gasteiger partial charge on any atom is 0.448 e. The first-order chi connectivity index (χ1) is 4.54. The van der Waals surface area contributed by atoms with Crippen LogP contribution in [0.4, 0.5) is 0 Å². The second kappa shape index (κ2) is 4.75. The summed E-state index contributed by atoms with van der Waals surface area (Å²) in [6.45, 7) is 5.93. The highest BCUT2D eigenvalue weighted by Crippen LogP contribution is 2.32. The molecule has 1 aliphatic carbocycles. The van der Waals surface area contributed by atoms with Crippen molar-refractivity contribution in [2.45, 2.75) is 33.5 Å². The van der Waals surface area contributed by atoms with Crippen LogP contribution >= 0.6 is 0 Å². The van der Waals surface area contributed by atoms with Crippen LogP contribution in [-0.4, -0.2) is 17.2 Å². The van der Waals surface area contributed by atoms with Crippen LogP contribution in [0.1, 0.15) is 26.7 Å². The van der Waals surface area contributed by atoms with E-state index in [2.05, 4.69) is 13.8 Å². The van der Waals surface area contributed by atoms with Gasteiger partial charge in [0.1, 0.15) is 0 Å². The second-order valence-electron chi connectivity index (χ2n) is 3.16. The summed E-state index contributed by atoms with van der Waals surface area (Å²) < 4.78 is 0. The van der Waals surface area contributed by atoms with Gasteiger partial charge in [-0.25, -0.2) is 0 Å². The maximum absolute atomic E-state index is 7.61. The highest BCUT2D eigenvalue weighted by Gasteiger charge is 2.20. The Morgan fingerprint density at radius 1 is 1.10 bits per heavy atom. The van der Waals surface area contributed by atoms with Crippen molar-refractivity contribution in [2.24, 2.45) is 11.8 Å². The molecule has 2 nitrogen and oxygen atoms in total. The zero-order valence-electron chi connectivity index (χ0n) is 7.04. The van der Waals surface area contributed by atoms with E-state index in [4.69, 9.17) is 10.0 Å². The summed E-state index contributed by atoms with van der Waals surface area (Å²) >= 11 is 0. The van der Waals surface area contributed by atoms with Crippen LogP contribution in [0.15, 0.2) is 0 Å². The summed E-state index contributed by atoms with van der Waals surface area (Å²) in [5, 5.41) is 15.2. The number of rotatable bonds is 0. The van der Waals surface area contributed by atoms with E-state index < -0.39 is 7.12 Å². The summed E-state index contributed by atoms with van der Waals surface area (Å²) in [4.78, 5) is 0. The van der Waals surface area contributed by atoms with E-state index in [0.29, 0.717) is 0 Å². The van der Waals surface area contributed by atoms with Crippen LogP contribution in [-0.2, 0) is 0 Å². The van der Waals surface area contributed by atoms with Crippen molar-refractivity contribution in [2.75, 3.05) is 0 Å². The first-order valence-electron chi connectivity index (χ1n) is 3.90. The highest BCUT2D eigenvalue weighted by molar-refractivity contribution is 6.38. The molecule has 10 heavy (non-hydrogen) atoms. The van der Waals surface area contributed by atoms with Gasteiger partial charge in [0.05, 0.1) is 0 Å². The zero-order chi connectivity index (χ0) is 8.15. The van der Waals surface area contributed by atoms with Crippen molar-refractivity contribution in [3.63, 3.8) is 0 Å². The summed E-state index contributed by atoms with van der Waals surface area (Å²) in [5.74, 6) is 2.06. The van der Waals surface area contributed by atoms with Gasteiger partial charge in [-0.1, -0.05) is 26.7 Å². The van der Waals surface area contributed by atoms with Gasteiger partial charge in [0.25, 0.3) is 0 Å². The molecule has 2 N–H and O–H groups in total. The van der Waals surface area contributed by atoms with E-state index >= 15 is 0 Å². The molecule has 0 amide bonds. The van der Waals surface area contributed by atoms with Crippen molar-refractivity contribution >= 4 is 7.12 Å². The van der Waals surface area contributed by atoms with Crippen LogP contribution in [0.5, 0.6) is 0 Å². The zero-order valence-corrected chi connectivity index (χ0v) is 7.04. The van der Waals surface area contributed by atoms with E-state index in [1.807, 2.05) is 0 Å². The van der Waals surface area contributed by atoms with Gasteiger partial charge in [0, 0.05) is 0 Å². The lowest BCUT2D eigenvalue weighted by molar-refractivity contribution is 0.219. The first-order valence-corrected chi connectivity index (χ1v) is 3.90. The predicted octanol–water partition coefficient (Wildman–Crippen LogP) is 1.14. The lowest BCUT2D eigenvalue weighted by atomic mass is 9.77. The molecule has 0 aromatic heterocycles. The molecule has 3 heteroatoms. The summed E-state index contributed by atoms with van der Waals surface area (Å²) in [6.07, 6.45) is 2.95. The molecule has 2 unspecified atom stereocenters. The van der Waals surface area contributed by atoms with Gasteiger partial charge in [-0.05, 0) is 18.7 Å². The molecule has 1 rings (SSSR count). The fraction of sp³-hybridized carbons (Fsp3) is 1.00. The van der Waals surface area contributed by atoms with Crippen LogP contribution in [0, 0.1) is 11.8 Å². The molecule has 0 radical (unpaired) electrons. The topological polar surface area (TPSA) is 40.5 Å². The Bertz CT molecular complexity index is 74.9. The SMILES string of the molecule is CB(O)O.CC1CCC1C. The molecule has 1 fully saturated rings. The Kier molecular flexibility index (Phi) is 4.74. The third kappa shape index (κ3) is 4.83. The Balaban J connectivity index is 0.000000180. The molecule has 0 aromatic carbocycles. The third-order valence-corrected chi connectivity index (χ3v) is 2.05. The summed E-state index contributed by atoms with van der Waals surface area (Å²) in [7, 11) is -1.17. The average Bonchev–Trinajstić information content (AvgIpc) is 1.83. The predicted molar refractivity (Wildman–Crippen MR) is 43.6 cm³/mol. The van der Waals surface area contributed by atoms with Crippen molar-refractivity contribution in [1.29, 1.82) is 0 Å². The Morgan fingerprint density at radius 3 is 1.30 bits per heavy atom. The third-order valence-electron chi connectivity index (χ3n) is 2.05. The van der Waals surface area contributed by atoms with Crippen molar-refractivity contribution in [3.05, 3.63) is 0 Å². The maximum atomic E-state index is 7.61. The van der Waals surface area contributed by atoms with Gasteiger partial charge >= 0.3 is 7.12 Å². The van der Waals surface area contributed by atoms with Gasteiger partial charge in [-0.15, -0.1) is 0 Å². The molecule has 1 aliphatic rings. The van der Waals surface area contributed by atoms with E-state index in [0.717, 1.165) is 11.8 Å². The highest BCUT2D eigenvalue weighted by atomic mass is 16.4. The smallest absolute Gasteiger partial charge is 0.427 e. The van der Waals surface area contributed by atoms with Crippen LogP contribution in [0.2, 0.25) is 6.82 Å². The molecule has 1 saturated carbocycles. The normalized spacial score (nSPS) is 29.7. The molecule has 0 heterocycles. The second-order valence-corrected chi connectivity index (χ2v) is 3.16. The van der Waals surface area contributed by atoms with Crippen molar-refractivity contribution < 1.29 is 10.0 Å². The van der Waals surface area contributed by atoms with Crippen LogP contribution in [0.25, 0.3) is 0 Å². The quantitative estimate of drug-likeness (QED) is 0.500. The van der Waals surface area contributed by atoms with Crippen LogP contribution < -0.4 is 0 Å². The molecule has 2 atom stereocenters. The minimum Gasteiger partial charge on any atom is -0.427 e. The number of hydrogen-bond donors (Lipinski definition) is 2. The minimum atomic E-state index is -1.17. The fourth-order valence-electron chi connectivity index (χ4n) is 0.833. The molecule has 0 aliphatic heterocycles. The first kappa shape index (κ1) is 9.98. The molecule has 60 valence electrons. The Hall–Kier alpha value is -0.0151. The van der Waals surface area contributed by atoms with Gasteiger partial charge in [0.2, 0.25) is 0 Å². The van der Waals surface area contributed by atoms with Gasteiger partial charge in [0.15, 0.2) is 0 Å². The fourth-order valence-corrected chi connectivity index (χ4v) is 0.833. The molecule has 0 saturated heterocycles. The Morgan fingerprint density at radius 2 is 1.30 bits per heavy atom. The Labute approximate surface area is 63.4 Å². The van der Waals surface area contributed by atoms with E-state index in [1.54, 1.807) is 0 Å². The van der Waals surface area contributed by atoms with E-state index in [9.17, 15) is 0 Å². The minimum absolute atomic E-state index is 1.03. The van der Waals surface area contributed by atoms with Crippen LogP contribution in [0.3, 0.4) is 0 Å². The number of hydrogen-bond acceptors (Lipinski definition) is 2. The molecule has 0 spiro atoms. The van der Waals surface area contributed by atoms with Gasteiger partial charge < -0.3 is 10.0 Å². The lowest BCUT2D eigenvalue weighted by Gasteiger charge is -2.29. The summed E-state index contributed by atoms with van der Waals surface area (Å²) in [5.41, 5.74) is 0. The molecule has 0 aromatic rings. The van der Waals surface area contributed by atoms with E-state index in [-0.39, 0.29) is 0 Å². The summed E-state index contributed by atoms with van der Waals surface area (Å²) in [6, 6.07) is 0. The molecular formula is C7H17BO2. The largest absolute Gasteiger partial charge is 0.448 e. The van der Waals surface area contributed by atoms with Crippen molar-refractivity contribution in [1.82, 2.24) is 0 Å². The lowest BCUT2D eigenvalue weighted by Crippen LogP contribution is -2.18.